The van der Waals surface area contributed by atoms with Crippen LogP contribution in [0.15, 0.2) is 17.0 Å². The fourth-order valence-electron chi connectivity index (χ4n) is 1.57. The molecule has 0 unspecified atom stereocenters. The summed E-state index contributed by atoms with van der Waals surface area (Å²) in [5.41, 5.74) is -0.530. The van der Waals surface area contributed by atoms with Gasteiger partial charge < -0.3 is 9.84 Å². The average Bonchev–Trinajstić information content (AvgIpc) is 2.36. The molecule has 1 aromatic rings. The van der Waals surface area contributed by atoms with E-state index >= 15 is 0 Å². The van der Waals surface area contributed by atoms with Gasteiger partial charge in [0.25, 0.3) is 10.1 Å². The highest BCUT2D eigenvalue weighted by molar-refractivity contribution is 7.86. The average molecular weight is 288 g/mol. The standard InChI is InChI=1S/C11H12O7S/c1-6-7(10(12)13)4-5-8(19(15,16)18-3)9(6)11(14)17-2/h4-5H,1-3H3,(H,12,13). The molecule has 0 saturated carbocycles. The maximum Gasteiger partial charge on any atom is 0.339 e. The van der Waals surface area contributed by atoms with Gasteiger partial charge in [0, 0.05) is 0 Å². The van der Waals surface area contributed by atoms with E-state index in [2.05, 4.69) is 8.92 Å². The van der Waals surface area contributed by atoms with E-state index in [9.17, 15) is 18.0 Å². The van der Waals surface area contributed by atoms with Crippen molar-refractivity contribution in [2.24, 2.45) is 0 Å². The van der Waals surface area contributed by atoms with Crippen LogP contribution in [0.3, 0.4) is 0 Å². The Labute approximate surface area is 109 Å². The van der Waals surface area contributed by atoms with Gasteiger partial charge in [-0.1, -0.05) is 0 Å². The second-order valence-corrected chi connectivity index (χ2v) is 5.21. The van der Waals surface area contributed by atoms with E-state index in [1.165, 1.54) is 6.92 Å². The van der Waals surface area contributed by atoms with E-state index in [1.54, 1.807) is 0 Å². The van der Waals surface area contributed by atoms with Crippen LogP contribution in [0.4, 0.5) is 0 Å². The van der Waals surface area contributed by atoms with Crippen LogP contribution in [0.2, 0.25) is 0 Å². The minimum absolute atomic E-state index is 0.00234. The number of aromatic carboxylic acids is 1. The van der Waals surface area contributed by atoms with Crippen LogP contribution in [-0.2, 0) is 19.0 Å². The number of hydrogen-bond donors (Lipinski definition) is 1. The summed E-state index contributed by atoms with van der Waals surface area (Å²) < 4.78 is 32.2. The summed E-state index contributed by atoms with van der Waals surface area (Å²) >= 11 is 0. The Bertz CT molecular complexity index is 631. The first-order valence-electron chi connectivity index (χ1n) is 5.02. The molecule has 0 bridgehead atoms. The number of carboxylic acids is 1. The lowest BCUT2D eigenvalue weighted by Gasteiger charge is -2.12. The second-order valence-electron chi connectivity index (χ2n) is 3.53. The SMILES string of the molecule is COC(=O)c1c(S(=O)(=O)OC)ccc(C(=O)O)c1C. The Hall–Kier alpha value is -1.93. The van der Waals surface area contributed by atoms with Gasteiger partial charge in [0.05, 0.1) is 25.3 Å². The fraction of sp³-hybridized carbons (Fsp3) is 0.273. The summed E-state index contributed by atoms with van der Waals surface area (Å²) in [5.74, 6) is -2.22. The molecule has 1 N–H and O–H groups in total. The number of methoxy groups -OCH3 is 1. The van der Waals surface area contributed by atoms with Crippen LogP contribution in [-0.4, -0.2) is 39.7 Å². The third-order valence-corrected chi connectivity index (χ3v) is 3.85. The van der Waals surface area contributed by atoms with Crippen molar-refractivity contribution in [2.75, 3.05) is 14.2 Å². The van der Waals surface area contributed by atoms with Gasteiger partial charge in [-0.25, -0.2) is 9.59 Å². The zero-order valence-corrected chi connectivity index (χ0v) is 11.3. The van der Waals surface area contributed by atoms with Gasteiger partial charge in [0.15, 0.2) is 0 Å². The van der Waals surface area contributed by atoms with Gasteiger partial charge >= 0.3 is 11.9 Å². The maximum absolute atomic E-state index is 11.7. The van der Waals surface area contributed by atoms with Crippen molar-refractivity contribution in [1.29, 1.82) is 0 Å². The van der Waals surface area contributed by atoms with Crippen LogP contribution >= 0.6 is 0 Å². The predicted octanol–water partition coefficient (Wildman–Crippen LogP) is 0.815. The molecule has 104 valence electrons. The lowest BCUT2D eigenvalue weighted by Crippen LogP contribution is -2.16. The Kier molecular flexibility index (Phi) is 4.28. The van der Waals surface area contributed by atoms with Gasteiger partial charge in [0.2, 0.25) is 0 Å². The molecule has 1 aromatic carbocycles. The molecule has 1 rings (SSSR count). The van der Waals surface area contributed by atoms with Crippen molar-refractivity contribution in [1.82, 2.24) is 0 Å². The monoisotopic (exact) mass is 288 g/mol. The van der Waals surface area contributed by atoms with Crippen LogP contribution in [0.25, 0.3) is 0 Å². The van der Waals surface area contributed by atoms with E-state index in [0.29, 0.717) is 0 Å². The highest BCUT2D eigenvalue weighted by atomic mass is 32.2. The molecule has 0 aromatic heterocycles. The molecular formula is C11H12O7S. The molecule has 0 heterocycles. The van der Waals surface area contributed by atoms with E-state index in [0.717, 1.165) is 26.4 Å². The Morgan fingerprint density at radius 3 is 2.21 bits per heavy atom. The fourth-order valence-corrected chi connectivity index (χ4v) is 2.47. The smallest absolute Gasteiger partial charge is 0.339 e. The molecule has 0 amide bonds. The van der Waals surface area contributed by atoms with Gasteiger partial charge in [-0.3, -0.25) is 4.18 Å². The molecule has 0 spiro atoms. The van der Waals surface area contributed by atoms with Crippen molar-refractivity contribution >= 4 is 22.1 Å². The zero-order chi connectivity index (χ0) is 14.8. The summed E-state index contributed by atoms with van der Waals surface area (Å²) in [6, 6.07) is 2.09. The topological polar surface area (TPSA) is 107 Å². The molecule has 0 fully saturated rings. The highest BCUT2D eigenvalue weighted by Gasteiger charge is 2.27. The number of rotatable bonds is 4. The highest BCUT2D eigenvalue weighted by Crippen LogP contribution is 2.25. The predicted molar refractivity (Wildman–Crippen MR) is 63.7 cm³/mol. The summed E-state index contributed by atoms with van der Waals surface area (Å²) in [7, 11) is -2.13. The minimum Gasteiger partial charge on any atom is -0.478 e. The van der Waals surface area contributed by atoms with Gasteiger partial charge in [-0.2, -0.15) is 8.42 Å². The summed E-state index contributed by atoms with van der Waals surface area (Å²) in [6.07, 6.45) is 0. The first-order valence-corrected chi connectivity index (χ1v) is 6.43. The minimum atomic E-state index is -4.14. The molecule has 0 radical (unpaired) electrons. The molecule has 0 saturated heterocycles. The van der Waals surface area contributed by atoms with E-state index in [4.69, 9.17) is 5.11 Å². The number of carboxylic acid groups (broad SMARTS) is 1. The van der Waals surface area contributed by atoms with Gasteiger partial charge in [-0.15, -0.1) is 0 Å². The largest absolute Gasteiger partial charge is 0.478 e. The number of carbonyl (C=O) groups is 2. The lowest BCUT2D eigenvalue weighted by atomic mass is 10.0. The molecule has 0 atom stereocenters. The van der Waals surface area contributed by atoms with Crippen LogP contribution in [0.1, 0.15) is 26.3 Å². The molecule has 19 heavy (non-hydrogen) atoms. The van der Waals surface area contributed by atoms with Crippen LogP contribution < -0.4 is 0 Å². The Morgan fingerprint density at radius 2 is 1.79 bits per heavy atom. The maximum atomic E-state index is 11.7. The van der Waals surface area contributed by atoms with E-state index < -0.39 is 27.0 Å². The molecule has 8 heteroatoms. The Morgan fingerprint density at radius 1 is 1.21 bits per heavy atom. The quantitative estimate of drug-likeness (QED) is 0.645. The summed E-state index contributed by atoms with van der Waals surface area (Å²) in [6.45, 7) is 1.32. The summed E-state index contributed by atoms with van der Waals surface area (Å²) in [5, 5.41) is 8.96. The third-order valence-electron chi connectivity index (χ3n) is 2.54. The van der Waals surface area contributed by atoms with Gasteiger partial charge in [-0.05, 0) is 24.6 Å². The number of benzene rings is 1. The van der Waals surface area contributed by atoms with Crippen LogP contribution in [0, 0.1) is 6.92 Å². The first kappa shape index (κ1) is 15.1. The molecule has 0 aliphatic carbocycles. The molecule has 0 aliphatic rings. The normalized spacial score (nSPS) is 11.1. The van der Waals surface area contributed by atoms with Crippen LogP contribution in [0.5, 0.6) is 0 Å². The number of esters is 1. The Balaban J connectivity index is 3.73. The van der Waals surface area contributed by atoms with E-state index in [1.807, 2.05) is 0 Å². The van der Waals surface area contributed by atoms with Crippen molar-refractivity contribution in [2.45, 2.75) is 11.8 Å². The first-order chi connectivity index (χ1) is 8.76. The van der Waals surface area contributed by atoms with Crippen molar-refractivity contribution in [3.8, 4) is 0 Å². The van der Waals surface area contributed by atoms with E-state index in [-0.39, 0.29) is 16.7 Å². The van der Waals surface area contributed by atoms with Crippen molar-refractivity contribution < 1.29 is 32.0 Å². The molecule has 0 aliphatic heterocycles. The summed E-state index contributed by atoms with van der Waals surface area (Å²) in [4.78, 5) is 22.2. The van der Waals surface area contributed by atoms with Crippen molar-refractivity contribution in [3.63, 3.8) is 0 Å². The van der Waals surface area contributed by atoms with Crippen molar-refractivity contribution in [3.05, 3.63) is 28.8 Å². The molecule has 7 nitrogen and oxygen atoms in total. The number of carbonyl (C=O) groups excluding carboxylic acids is 1. The number of ether oxygens (including phenoxy) is 1. The lowest BCUT2D eigenvalue weighted by molar-refractivity contribution is 0.0595. The molecular weight excluding hydrogens is 276 g/mol. The third kappa shape index (κ3) is 2.74. The second kappa shape index (κ2) is 5.37. The number of hydrogen-bond acceptors (Lipinski definition) is 6. The zero-order valence-electron chi connectivity index (χ0n) is 10.5. The van der Waals surface area contributed by atoms with Gasteiger partial charge in [0.1, 0.15) is 4.90 Å².